The summed E-state index contributed by atoms with van der Waals surface area (Å²) < 4.78 is 0. The van der Waals surface area contributed by atoms with Crippen molar-refractivity contribution in [2.24, 2.45) is 11.3 Å². The van der Waals surface area contributed by atoms with Gasteiger partial charge in [0, 0.05) is 24.7 Å². The van der Waals surface area contributed by atoms with Gasteiger partial charge in [-0.25, -0.2) is 4.98 Å². The van der Waals surface area contributed by atoms with E-state index >= 15 is 0 Å². The van der Waals surface area contributed by atoms with Crippen LogP contribution in [0.15, 0.2) is 42.6 Å². The molecule has 1 aromatic rings. The predicted molar refractivity (Wildman–Crippen MR) is 99.9 cm³/mol. The predicted octanol–water partition coefficient (Wildman–Crippen LogP) is 3.53. The molecule has 4 heteroatoms. The third-order valence-corrected chi connectivity index (χ3v) is 4.87. The van der Waals surface area contributed by atoms with Gasteiger partial charge in [-0.1, -0.05) is 38.2 Å². The third kappa shape index (κ3) is 3.68. The van der Waals surface area contributed by atoms with Crippen molar-refractivity contribution >= 4 is 5.82 Å². The maximum absolute atomic E-state index is 8.87. The van der Waals surface area contributed by atoms with Crippen LogP contribution in [0.25, 0.3) is 0 Å². The van der Waals surface area contributed by atoms with Crippen molar-refractivity contribution in [3.05, 3.63) is 48.2 Å². The SMILES string of the molecule is C=C(CCNC)C12C=CCN(c3ccc(C#N)cn3)CC1C2.CC. The molecule has 2 aliphatic rings. The third-order valence-electron chi connectivity index (χ3n) is 4.87. The molecular weight excluding hydrogens is 296 g/mol. The quantitative estimate of drug-likeness (QED) is 0.842. The highest BCUT2D eigenvalue weighted by molar-refractivity contribution is 5.46. The van der Waals surface area contributed by atoms with E-state index in [1.54, 1.807) is 6.20 Å². The van der Waals surface area contributed by atoms with Gasteiger partial charge in [-0.05, 0) is 44.5 Å². The van der Waals surface area contributed by atoms with E-state index in [-0.39, 0.29) is 5.41 Å². The van der Waals surface area contributed by atoms with Crippen LogP contribution in [-0.2, 0) is 0 Å². The van der Waals surface area contributed by atoms with Crippen LogP contribution in [0.5, 0.6) is 0 Å². The standard InChI is InChI=1S/C18H22N4.C2H6/c1-14(6-8-20-2)18-7-3-9-22(13-16(18)10-18)17-5-4-15(11-19)12-21-17;1-2/h3-5,7,12,16,20H,1,6,8-10,13H2,2H3;1-2H3. The molecule has 3 rings (SSSR count). The summed E-state index contributed by atoms with van der Waals surface area (Å²) in [4.78, 5) is 6.72. The molecule has 1 aliphatic carbocycles. The van der Waals surface area contributed by atoms with Crippen LogP contribution >= 0.6 is 0 Å². The molecule has 1 aliphatic heterocycles. The van der Waals surface area contributed by atoms with Crippen LogP contribution in [0.2, 0.25) is 0 Å². The van der Waals surface area contributed by atoms with Gasteiger partial charge in [0.2, 0.25) is 0 Å². The molecule has 2 heterocycles. The summed E-state index contributed by atoms with van der Waals surface area (Å²) >= 11 is 0. The number of anilines is 1. The van der Waals surface area contributed by atoms with Gasteiger partial charge in [0.25, 0.3) is 0 Å². The van der Waals surface area contributed by atoms with Gasteiger partial charge in [0.15, 0.2) is 0 Å². The fourth-order valence-electron chi connectivity index (χ4n) is 3.40. The van der Waals surface area contributed by atoms with Crippen molar-refractivity contribution in [1.82, 2.24) is 10.3 Å². The van der Waals surface area contributed by atoms with Gasteiger partial charge in [0.1, 0.15) is 11.9 Å². The van der Waals surface area contributed by atoms with Crippen molar-refractivity contribution in [3.8, 4) is 6.07 Å². The molecule has 0 bridgehead atoms. The zero-order chi connectivity index (χ0) is 17.6. The minimum atomic E-state index is 0.207. The maximum atomic E-state index is 8.87. The first-order valence-corrected chi connectivity index (χ1v) is 8.81. The van der Waals surface area contributed by atoms with Gasteiger partial charge in [-0.15, -0.1) is 0 Å². The highest BCUT2D eigenvalue weighted by Gasteiger charge is 2.54. The smallest absolute Gasteiger partial charge is 0.128 e. The fourth-order valence-corrected chi connectivity index (χ4v) is 3.40. The molecule has 1 fully saturated rings. The molecule has 0 radical (unpaired) electrons. The molecule has 1 aromatic heterocycles. The van der Waals surface area contributed by atoms with Crippen molar-refractivity contribution in [2.75, 3.05) is 31.6 Å². The topological polar surface area (TPSA) is 52.0 Å². The van der Waals surface area contributed by atoms with Crippen LogP contribution in [-0.4, -0.2) is 31.7 Å². The van der Waals surface area contributed by atoms with Crippen LogP contribution in [0.1, 0.15) is 32.3 Å². The van der Waals surface area contributed by atoms with E-state index < -0.39 is 0 Å². The summed E-state index contributed by atoms with van der Waals surface area (Å²) in [6, 6.07) is 5.89. The Morgan fingerprint density at radius 1 is 1.50 bits per heavy atom. The Hall–Kier alpha value is -2.12. The second-order valence-corrected chi connectivity index (χ2v) is 6.22. The summed E-state index contributed by atoms with van der Waals surface area (Å²) in [5, 5.41) is 12.1. The van der Waals surface area contributed by atoms with Crippen LogP contribution in [0.3, 0.4) is 0 Å². The molecule has 0 amide bonds. The lowest BCUT2D eigenvalue weighted by molar-refractivity contribution is 0.616. The molecule has 0 aromatic carbocycles. The van der Waals surface area contributed by atoms with Gasteiger partial charge in [0.05, 0.1) is 5.56 Å². The molecule has 2 atom stereocenters. The Morgan fingerprint density at radius 3 is 2.92 bits per heavy atom. The molecule has 1 saturated carbocycles. The van der Waals surface area contributed by atoms with Crippen molar-refractivity contribution in [3.63, 3.8) is 0 Å². The van der Waals surface area contributed by atoms with Gasteiger partial charge < -0.3 is 10.2 Å². The Morgan fingerprint density at radius 2 is 2.29 bits per heavy atom. The molecule has 0 spiro atoms. The first-order chi connectivity index (χ1) is 11.7. The highest BCUT2D eigenvalue weighted by Crippen LogP contribution is 2.60. The van der Waals surface area contributed by atoms with E-state index in [2.05, 4.69) is 40.0 Å². The number of fused-ring (bicyclic) bond motifs is 1. The summed E-state index contributed by atoms with van der Waals surface area (Å²) in [5.41, 5.74) is 2.16. The zero-order valence-electron chi connectivity index (χ0n) is 15.0. The molecule has 4 nitrogen and oxygen atoms in total. The van der Waals surface area contributed by atoms with Crippen molar-refractivity contribution < 1.29 is 0 Å². The molecular formula is C20H28N4. The van der Waals surface area contributed by atoms with E-state index in [0.29, 0.717) is 11.5 Å². The molecule has 2 unspecified atom stereocenters. The normalized spacial score (nSPS) is 24.1. The summed E-state index contributed by atoms with van der Waals surface area (Å²) in [6.45, 7) is 11.2. The lowest BCUT2D eigenvalue weighted by Crippen LogP contribution is -2.26. The Balaban J connectivity index is 0.00000100. The molecule has 1 N–H and O–H groups in total. The Bertz CT molecular complexity index is 626. The average molecular weight is 324 g/mol. The second kappa shape index (κ2) is 8.12. The van der Waals surface area contributed by atoms with Crippen LogP contribution < -0.4 is 10.2 Å². The number of aromatic nitrogens is 1. The first kappa shape index (κ1) is 18.2. The minimum absolute atomic E-state index is 0.207. The number of hydrogen-bond acceptors (Lipinski definition) is 4. The van der Waals surface area contributed by atoms with E-state index in [0.717, 1.165) is 31.9 Å². The van der Waals surface area contributed by atoms with Crippen LogP contribution in [0, 0.1) is 22.7 Å². The van der Waals surface area contributed by atoms with E-state index in [9.17, 15) is 0 Å². The zero-order valence-corrected chi connectivity index (χ0v) is 15.0. The first-order valence-electron chi connectivity index (χ1n) is 8.81. The Labute approximate surface area is 145 Å². The average Bonchev–Trinajstić information content (AvgIpc) is 3.36. The number of rotatable bonds is 5. The lowest BCUT2D eigenvalue weighted by Gasteiger charge is -2.22. The summed E-state index contributed by atoms with van der Waals surface area (Å²) in [5.74, 6) is 1.58. The monoisotopic (exact) mass is 324 g/mol. The number of nitrogens with one attached hydrogen (secondary N) is 1. The minimum Gasteiger partial charge on any atom is -0.353 e. The maximum Gasteiger partial charge on any atom is 0.128 e. The second-order valence-electron chi connectivity index (χ2n) is 6.22. The summed E-state index contributed by atoms with van der Waals surface area (Å²) in [6.07, 6.45) is 8.48. The lowest BCUT2D eigenvalue weighted by atomic mass is 9.91. The van der Waals surface area contributed by atoms with Crippen LogP contribution in [0.4, 0.5) is 5.82 Å². The van der Waals surface area contributed by atoms with Gasteiger partial charge >= 0.3 is 0 Å². The highest BCUT2D eigenvalue weighted by atomic mass is 15.2. The number of allylic oxidation sites excluding steroid dienone is 1. The van der Waals surface area contributed by atoms with E-state index in [1.165, 1.54) is 12.0 Å². The number of nitrogens with zero attached hydrogens (tertiary/aromatic N) is 3. The number of hydrogen-bond donors (Lipinski definition) is 1. The molecule has 24 heavy (non-hydrogen) atoms. The largest absolute Gasteiger partial charge is 0.353 e. The van der Waals surface area contributed by atoms with Gasteiger partial charge in [-0.2, -0.15) is 5.26 Å². The van der Waals surface area contributed by atoms with Gasteiger partial charge in [-0.3, -0.25) is 0 Å². The van der Waals surface area contributed by atoms with Crippen molar-refractivity contribution in [1.29, 1.82) is 5.26 Å². The van der Waals surface area contributed by atoms with Crippen molar-refractivity contribution in [2.45, 2.75) is 26.7 Å². The number of nitriles is 1. The summed E-state index contributed by atoms with van der Waals surface area (Å²) in [7, 11) is 1.98. The number of pyridine rings is 1. The Kier molecular flexibility index (Phi) is 6.16. The molecule has 128 valence electrons. The van der Waals surface area contributed by atoms with E-state index in [4.69, 9.17) is 5.26 Å². The molecule has 0 saturated heterocycles. The van der Waals surface area contributed by atoms with E-state index in [1.807, 2.05) is 33.0 Å². The fraction of sp³-hybridized carbons (Fsp3) is 0.500.